The van der Waals surface area contributed by atoms with Crippen LogP contribution in [0, 0.1) is 0 Å². The molecule has 20 heavy (non-hydrogen) atoms. The lowest BCUT2D eigenvalue weighted by molar-refractivity contribution is -0.140. The molecule has 0 heterocycles. The molecule has 5 heteroatoms. The lowest BCUT2D eigenvalue weighted by Gasteiger charge is -2.18. The molecule has 0 fully saturated rings. The summed E-state index contributed by atoms with van der Waals surface area (Å²) in [5, 5.41) is 0. The Hall–Kier alpha value is -1.88. The average Bonchev–Trinajstić information content (AvgIpc) is 2.44. The Morgan fingerprint density at radius 3 is 2.50 bits per heavy atom. The molecule has 1 aromatic carbocycles. The molecule has 5 nitrogen and oxygen atoms in total. The monoisotopic (exact) mass is 279 g/mol. The maximum absolute atomic E-state index is 11.4. The number of methoxy groups -OCH3 is 2. The zero-order valence-corrected chi connectivity index (χ0v) is 12.4. The highest BCUT2D eigenvalue weighted by Crippen LogP contribution is 2.21. The number of carbonyl (C=O) groups excluding carboxylic acids is 2. The quantitative estimate of drug-likeness (QED) is 0.563. The molecule has 0 N–H and O–H groups in total. The van der Waals surface area contributed by atoms with Gasteiger partial charge in [-0.25, -0.2) is 0 Å². The fraction of sp³-hybridized carbons (Fsp3) is 0.467. The van der Waals surface area contributed by atoms with E-state index in [2.05, 4.69) is 4.74 Å². The Morgan fingerprint density at radius 2 is 1.95 bits per heavy atom. The zero-order valence-electron chi connectivity index (χ0n) is 12.4. The first-order valence-electron chi connectivity index (χ1n) is 6.41. The van der Waals surface area contributed by atoms with Crippen LogP contribution in [0.3, 0.4) is 0 Å². The first-order chi connectivity index (χ1) is 9.47. The molecule has 0 aromatic heterocycles. The van der Waals surface area contributed by atoms with Gasteiger partial charge in [-0.2, -0.15) is 0 Å². The van der Waals surface area contributed by atoms with Crippen molar-refractivity contribution in [1.82, 2.24) is 4.90 Å². The predicted octanol–water partition coefficient (Wildman–Crippen LogP) is 1.89. The van der Waals surface area contributed by atoms with Gasteiger partial charge in [-0.3, -0.25) is 9.59 Å². The van der Waals surface area contributed by atoms with E-state index in [0.29, 0.717) is 25.1 Å². The Bertz CT molecular complexity index is 485. The molecule has 0 aliphatic rings. The minimum atomic E-state index is -0.235. The van der Waals surface area contributed by atoms with E-state index in [1.165, 1.54) is 14.0 Å². The fourth-order valence-corrected chi connectivity index (χ4v) is 1.88. The maximum atomic E-state index is 11.4. The van der Waals surface area contributed by atoms with Gasteiger partial charge >= 0.3 is 5.97 Å². The molecule has 0 radical (unpaired) electrons. The Balaban J connectivity index is 2.76. The Morgan fingerprint density at radius 1 is 1.25 bits per heavy atom. The molecule has 0 spiro atoms. The average molecular weight is 279 g/mol. The van der Waals surface area contributed by atoms with Crippen molar-refractivity contribution >= 4 is 11.8 Å². The highest BCUT2D eigenvalue weighted by molar-refractivity contribution is 5.94. The fourth-order valence-electron chi connectivity index (χ4n) is 1.88. The summed E-state index contributed by atoms with van der Waals surface area (Å²) in [6.45, 7) is 2.72. The number of hydrogen-bond donors (Lipinski definition) is 0. The third-order valence-corrected chi connectivity index (χ3v) is 3.05. The standard InChI is InChI=1S/C15H21NO4/c1-11(17)12-5-6-14(19-3)13(9-12)10-16(2)8-7-15(18)20-4/h5-6,9H,7-8,10H2,1-4H3. The predicted molar refractivity (Wildman–Crippen MR) is 76.0 cm³/mol. The van der Waals surface area contributed by atoms with Gasteiger partial charge in [0.05, 0.1) is 20.6 Å². The molecule has 0 atom stereocenters. The van der Waals surface area contributed by atoms with Gasteiger partial charge in [0.25, 0.3) is 0 Å². The number of hydrogen-bond acceptors (Lipinski definition) is 5. The van der Waals surface area contributed by atoms with Crippen molar-refractivity contribution in [2.75, 3.05) is 27.8 Å². The van der Waals surface area contributed by atoms with Gasteiger partial charge in [-0.1, -0.05) is 0 Å². The van der Waals surface area contributed by atoms with Crippen molar-refractivity contribution in [2.45, 2.75) is 19.9 Å². The lowest BCUT2D eigenvalue weighted by Crippen LogP contribution is -2.22. The second-order valence-electron chi connectivity index (χ2n) is 4.65. The maximum Gasteiger partial charge on any atom is 0.306 e. The molecule has 0 unspecified atom stereocenters. The van der Waals surface area contributed by atoms with Gasteiger partial charge in [-0.15, -0.1) is 0 Å². The summed E-state index contributed by atoms with van der Waals surface area (Å²) < 4.78 is 9.91. The van der Waals surface area contributed by atoms with Crippen LogP contribution < -0.4 is 4.74 Å². The van der Waals surface area contributed by atoms with Crippen molar-refractivity contribution in [3.63, 3.8) is 0 Å². The third kappa shape index (κ3) is 4.66. The summed E-state index contributed by atoms with van der Waals surface area (Å²) in [5.41, 5.74) is 1.58. The van der Waals surface area contributed by atoms with E-state index in [0.717, 1.165) is 11.3 Å². The van der Waals surface area contributed by atoms with E-state index >= 15 is 0 Å². The Labute approximate surface area is 119 Å². The number of carbonyl (C=O) groups is 2. The highest BCUT2D eigenvalue weighted by atomic mass is 16.5. The number of nitrogens with zero attached hydrogens (tertiary/aromatic N) is 1. The van der Waals surface area contributed by atoms with Crippen molar-refractivity contribution in [3.8, 4) is 5.75 Å². The summed E-state index contributed by atoms with van der Waals surface area (Å²) in [6, 6.07) is 5.37. The largest absolute Gasteiger partial charge is 0.496 e. The Kier molecular flexibility index (Phi) is 6.18. The normalized spacial score (nSPS) is 10.4. The summed E-state index contributed by atoms with van der Waals surface area (Å²) >= 11 is 0. The number of Topliss-reactive ketones (excluding diaryl/α,β-unsaturated/α-hetero) is 1. The smallest absolute Gasteiger partial charge is 0.306 e. The van der Waals surface area contributed by atoms with Crippen LogP contribution >= 0.6 is 0 Å². The van der Waals surface area contributed by atoms with Crippen molar-refractivity contribution < 1.29 is 19.1 Å². The van der Waals surface area contributed by atoms with Crippen LogP contribution in [0.4, 0.5) is 0 Å². The number of rotatable bonds is 7. The summed E-state index contributed by atoms with van der Waals surface area (Å²) in [6.07, 6.45) is 0.335. The van der Waals surface area contributed by atoms with Gasteiger partial charge in [0.2, 0.25) is 0 Å². The lowest BCUT2D eigenvalue weighted by atomic mass is 10.1. The third-order valence-electron chi connectivity index (χ3n) is 3.05. The van der Waals surface area contributed by atoms with Gasteiger partial charge in [-0.05, 0) is 32.2 Å². The molecule has 0 saturated heterocycles. The minimum absolute atomic E-state index is 0.0196. The molecular weight excluding hydrogens is 258 g/mol. The molecule has 0 aliphatic heterocycles. The van der Waals surface area contributed by atoms with E-state index in [9.17, 15) is 9.59 Å². The van der Waals surface area contributed by atoms with Crippen LogP contribution in [0.5, 0.6) is 5.75 Å². The summed E-state index contributed by atoms with van der Waals surface area (Å²) in [4.78, 5) is 24.5. The zero-order chi connectivity index (χ0) is 15.1. The van der Waals surface area contributed by atoms with E-state index in [1.807, 2.05) is 18.0 Å². The van der Waals surface area contributed by atoms with Crippen molar-refractivity contribution in [3.05, 3.63) is 29.3 Å². The molecule has 110 valence electrons. The van der Waals surface area contributed by atoms with Crippen molar-refractivity contribution in [1.29, 1.82) is 0 Å². The second kappa shape index (κ2) is 7.65. The number of esters is 1. The molecule has 0 saturated carbocycles. The summed E-state index contributed by atoms with van der Waals surface area (Å²) in [5.74, 6) is 0.521. The van der Waals surface area contributed by atoms with Gasteiger partial charge in [0.1, 0.15) is 5.75 Å². The number of ketones is 1. The van der Waals surface area contributed by atoms with Crippen molar-refractivity contribution in [2.24, 2.45) is 0 Å². The van der Waals surface area contributed by atoms with E-state index < -0.39 is 0 Å². The van der Waals surface area contributed by atoms with Gasteiger partial charge in [0, 0.05) is 24.2 Å². The van der Waals surface area contributed by atoms with Crippen LogP contribution in [0.15, 0.2) is 18.2 Å². The van der Waals surface area contributed by atoms with E-state index in [4.69, 9.17) is 4.74 Å². The summed E-state index contributed by atoms with van der Waals surface area (Å²) in [7, 11) is 4.88. The van der Waals surface area contributed by atoms with E-state index in [1.54, 1.807) is 19.2 Å². The van der Waals surface area contributed by atoms with Crippen LogP contribution in [0.2, 0.25) is 0 Å². The SMILES string of the molecule is COC(=O)CCN(C)Cc1cc(C(C)=O)ccc1OC. The molecule has 0 bridgehead atoms. The van der Waals surface area contributed by atoms with Crippen LogP contribution in [0.1, 0.15) is 29.3 Å². The van der Waals surface area contributed by atoms with Gasteiger partial charge < -0.3 is 14.4 Å². The molecule has 1 aromatic rings. The van der Waals surface area contributed by atoms with Crippen LogP contribution in [-0.2, 0) is 16.1 Å². The number of ether oxygens (including phenoxy) is 2. The molecule has 1 rings (SSSR count). The first-order valence-corrected chi connectivity index (χ1v) is 6.41. The minimum Gasteiger partial charge on any atom is -0.496 e. The highest BCUT2D eigenvalue weighted by Gasteiger charge is 2.11. The topological polar surface area (TPSA) is 55.8 Å². The van der Waals surface area contributed by atoms with Gasteiger partial charge in [0.15, 0.2) is 5.78 Å². The van der Waals surface area contributed by atoms with E-state index in [-0.39, 0.29) is 11.8 Å². The van der Waals surface area contributed by atoms with Crippen LogP contribution in [0.25, 0.3) is 0 Å². The number of benzene rings is 1. The first kappa shape index (κ1) is 16.2. The molecule has 0 amide bonds. The molecular formula is C15H21NO4. The van der Waals surface area contributed by atoms with Crippen LogP contribution in [-0.4, -0.2) is 44.5 Å². The molecule has 0 aliphatic carbocycles. The second-order valence-corrected chi connectivity index (χ2v) is 4.65.